The van der Waals surface area contributed by atoms with Crippen LogP contribution in [0.15, 0.2) is 24.8 Å². The van der Waals surface area contributed by atoms with Gasteiger partial charge < -0.3 is 10.3 Å². The molecule has 0 saturated carbocycles. The van der Waals surface area contributed by atoms with Crippen molar-refractivity contribution in [3.8, 4) is 0 Å². The molecule has 2 heterocycles. The summed E-state index contributed by atoms with van der Waals surface area (Å²) in [6, 6.07) is 1.99. The second-order valence-electron chi connectivity index (χ2n) is 3.72. The molecule has 0 fully saturated rings. The van der Waals surface area contributed by atoms with E-state index in [1.807, 2.05) is 30.8 Å². The lowest BCUT2D eigenvalue weighted by molar-refractivity contribution is 0.650. The monoisotopic (exact) mass is 205 g/mol. The number of nitrogens with two attached hydrogens (primary N) is 1. The lowest BCUT2D eigenvalue weighted by Crippen LogP contribution is -2.12. The molecule has 2 N–H and O–H groups in total. The first-order valence-corrected chi connectivity index (χ1v) is 4.91. The summed E-state index contributed by atoms with van der Waals surface area (Å²) in [5.74, 6) is 0. The Balaban J connectivity index is 2.20. The van der Waals surface area contributed by atoms with Crippen LogP contribution in [0.3, 0.4) is 0 Å². The van der Waals surface area contributed by atoms with Gasteiger partial charge >= 0.3 is 0 Å². The van der Waals surface area contributed by atoms with Crippen LogP contribution in [-0.2, 0) is 13.6 Å². The molecule has 0 aliphatic heterocycles. The van der Waals surface area contributed by atoms with Gasteiger partial charge in [-0.1, -0.05) is 0 Å². The molecule has 1 unspecified atom stereocenters. The van der Waals surface area contributed by atoms with Crippen LogP contribution in [-0.4, -0.2) is 19.3 Å². The summed E-state index contributed by atoms with van der Waals surface area (Å²) in [6.45, 7) is 2.67. The largest absolute Gasteiger partial charge is 0.327 e. The van der Waals surface area contributed by atoms with E-state index in [0.717, 1.165) is 17.9 Å². The highest BCUT2D eigenvalue weighted by Gasteiger charge is 2.07. The molecular formula is C10H15N5. The molecule has 0 spiro atoms. The first-order valence-electron chi connectivity index (χ1n) is 4.91. The van der Waals surface area contributed by atoms with Gasteiger partial charge in [0, 0.05) is 25.5 Å². The van der Waals surface area contributed by atoms with Gasteiger partial charge in [-0.05, 0) is 13.0 Å². The molecule has 80 valence electrons. The predicted molar refractivity (Wildman–Crippen MR) is 57.1 cm³/mol. The van der Waals surface area contributed by atoms with E-state index in [9.17, 15) is 0 Å². The molecular weight excluding hydrogens is 190 g/mol. The lowest BCUT2D eigenvalue weighted by atomic mass is 10.2. The van der Waals surface area contributed by atoms with Crippen LogP contribution < -0.4 is 5.73 Å². The predicted octanol–water partition coefficient (Wildman–Crippen LogP) is 0.685. The van der Waals surface area contributed by atoms with Crippen LogP contribution in [0, 0.1) is 0 Å². The van der Waals surface area contributed by atoms with E-state index in [4.69, 9.17) is 5.73 Å². The average Bonchev–Trinajstić information content (AvgIpc) is 2.75. The molecule has 2 aromatic heterocycles. The van der Waals surface area contributed by atoms with Gasteiger partial charge in [0.15, 0.2) is 0 Å². The molecule has 15 heavy (non-hydrogen) atoms. The van der Waals surface area contributed by atoms with E-state index >= 15 is 0 Å². The van der Waals surface area contributed by atoms with Crippen LogP contribution in [0.1, 0.15) is 24.4 Å². The molecule has 5 heteroatoms. The van der Waals surface area contributed by atoms with Crippen molar-refractivity contribution in [1.82, 2.24) is 19.3 Å². The van der Waals surface area contributed by atoms with E-state index in [1.165, 1.54) is 0 Å². The minimum atomic E-state index is -0.00351. The van der Waals surface area contributed by atoms with Crippen LogP contribution in [0.5, 0.6) is 0 Å². The molecule has 2 rings (SSSR count). The smallest absolute Gasteiger partial charge is 0.0952 e. The normalized spacial score (nSPS) is 13.0. The van der Waals surface area contributed by atoms with Crippen LogP contribution in [0.4, 0.5) is 0 Å². The summed E-state index contributed by atoms with van der Waals surface area (Å²) in [4.78, 5) is 4.09. The lowest BCUT2D eigenvalue weighted by Gasteiger charge is -2.08. The SMILES string of the molecule is CC(N)c1cncn1Cc1ccn(C)n1. The molecule has 0 saturated heterocycles. The Bertz CT molecular complexity index is 440. The van der Waals surface area contributed by atoms with Crippen LogP contribution in [0.25, 0.3) is 0 Å². The number of aromatic nitrogens is 4. The Morgan fingerprint density at radius 1 is 1.53 bits per heavy atom. The Labute approximate surface area is 88.5 Å². The molecule has 2 aromatic rings. The maximum Gasteiger partial charge on any atom is 0.0952 e. The van der Waals surface area contributed by atoms with E-state index in [2.05, 4.69) is 10.1 Å². The number of imidazole rings is 1. The summed E-state index contributed by atoms with van der Waals surface area (Å²) in [5, 5.41) is 4.31. The summed E-state index contributed by atoms with van der Waals surface area (Å²) >= 11 is 0. The molecule has 0 radical (unpaired) electrons. The fraction of sp³-hybridized carbons (Fsp3) is 0.400. The third kappa shape index (κ3) is 2.07. The minimum Gasteiger partial charge on any atom is -0.327 e. The number of hydrogen-bond donors (Lipinski definition) is 1. The Morgan fingerprint density at radius 2 is 2.33 bits per heavy atom. The summed E-state index contributed by atoms with van der Waals surface area (Å²) in [5.41, 5.74) is 7.87. The number of rotatable bonds is 3. The highest BCUT2D eigenvalue weighted by atomic mass is 15.3. The Hall–Kier alpha value is -1.62. The van der Waals surface area contributed by atoms with Crippen LogP contribution >= 0.6 is 0 Å². The second kappa shape index (κ2) is 3.86. The number of hydrogen-bond acceptors (Lipinski definition) is 3. The standard InChI is InChI=1S/C10H15N5/c1-8(11)10-5-12-7-15(10)6-9-3-4-14(2)13-9/h3-5,7-8H,6,11H2,1-2H3. The van der Waals surface area contributed by atoms with Gasteiger partial charge in [-0.2, -0.15) is 5.10 Å². The highest BCUT2D eigenvalue weighted by molar-refractivity contribution is 5.07. The number of aryl methyl sites for hydroxylation is 1. The van der Waals surface area contributed by atoms with Crippen molar-refractivity contribution in [2.24, 2.45) is 12.8 Å². The zero-order chi connectivity index (χ0) is 10.8. The van der Waals surface area contributed by atoms with Crippen molar-refractivity contribution in [2.45, 2.75) is 19.5 Å². The van der Waals surface area contributed by atoms with E-state index in [0.29, 0.717) is 0 Å². The van der Waals surface area contributed by atoms with Crippen molar-refractivity contribution in [1.29, 1.82) is 0 Å². The van der Waals surface area contributed by atoms with Crippen molar-refractivity contribution < 1.29 is 0 Å². The van der Waals surface area contributed by atoms with Crippen molar-refractivity contribution in [3.63, 3.8) is 0 Å². The fourth-order valence-corrected chi connectivity index (χ4v) is 1.56. The second-order valence-corrected chi connectivity index (χ2v) is 3.72. The molecule has 0 amide bonds. The topological polar surface area (TPSA) is 61.7 Å². The van der Waals surface area contributed by atoms with Gasteiger partial charge in [0.05, 0.1) is 24.3 Å². The van der Waals surface area contributed by atoms with Gasteiger partial charge in [-0.3, -0.25) is 4.68 Å². The van der Waals surface area contributed by atoms with Crippen molar-refractivity contribution in [2.75, 3.05) is 0 Å². The minimum absolute atomic E-state index is 0.00351. The Kier molecular flexibility index (Phi) is 2.55. The molecule has 1 atom stereocenters. The molecule has 0 bridgehead atoms. The van der Waals surface area contributed by atoms with Gasteiger partial charge in [-0.15, -0.1) is 0 Å². The van der Waals surface area contributed by atoms with Gasteiger partial charge in [0.2, 0.25) is 0 Å². The number of nitrogens with zero attached hydrogens (tertiary/aromatic N) is 4. The molecule has 0 aromatic carbocycles. The zero-order valence-corrected chi connectivity index (χ0v) is 8.96. The Morgan fingerprint density at radius 3 is 2.93 bits per heavy atom. The zero-order valence-electron chi connectivity index (χ0n) is 8.96. The summed E-state index contributed by atoms with van der Waals surface area (Å²) in [6.07, 6.45) is 5.51. The molecule has 5 nitrogen and oxygen atoms in total. The van der Waals surface area contributed by atoms with Gasteiger partial charge in [-0.25, -0.2) is 4.98 Å². The maximum atomic E-state index is 5.83. The van der Waals surface area contributed by atoms with Crippen LogP contribution in [0.2, 0.25) is 0 Å². The van der Waals surface area contributed by atoms with Crippen molar-refractivity contribution >= 4 is 0 Å². The fourth-order valence-electron chi connectivity index (χ4n) is 1.56. The first kappa shape index (κ1) is 9.92. The summed E-state index contributed by atoms with van der Waals surface area (Å²) in [7, 11) is 1.91. The van der Waals surface area contributed by atoms with E-state index < -0.39 is 0 Å². The highest BCUT2D eigenvalue weighted by Crippen LogP contribution is 2.10. The molecule has 0 aliphatic carbocycles. The first-order chi connectivity index (χ1) is 7.16. The quantitative estimate of drug-likeness (QED) is 0.801. The maximum absolute atomic E-state index is 5.83. The van der Waals surface area contributed by atoms with Crippen molar-refractivity contribution in [3.05, 3.63) is 36.2 Å². The third-order valence-corrected chi connectivity index (χ3v) is 2.31. The third-order valence-electron chi connectivity index (χ3n) is 2.31. The van der Waals surface area contributed by atoms with Gasteiger partial charge in [0.25, 0.3) is 0 Å². The van der Waals surface area contributed by atoms with E-state index in [1.54, 1.807) is 17.2 Å². The summed E-state index contributed by atoms with van der Waals surface area (Å²) < 4.78 is 3.81. The average molecular weight is 205 g/mol. The van der Waals surface area contributed by atoms with Gasteiger partial charge in [0.1, 0.15) is 0 Å². The molecule has 0 aliphatic rings. The van der Waals surface area contributed by atoms with E-state index in [-0.39, 0.29) is 6.04 Å².